The van der Waals surface area contributed by atoms with Gasteiger partial charge in [0, 0.05) is 25.8 Å². The summed E-state index contributed by atoms with van der Waals surface area (Å²) in [4.78, 5) is 21.6. The van der Waals surface area contributed by atoms with Gasteiger partial charge < -0.3 is 21.1 Å². The number of hydrogen-bond donors (Lipinski definition) is 4. The minimum atomic E-state index is -5.08. The van der Waals surface area contributed by atoms with Crippen LogP contribution in [0.3, 0.4) is 0 Å². The number of anilines is 2. The molecule has 0 spiro atoms. The van der Waals surface area contributed by atoms with Gasteiger partial charge in [0.25, 0.3) is 5.91 Å². The number of nitrogens with zero attached hydrogens (tertiary/aromatic N) is 4. The molecule has 1 saturated heterocycles. The molecule has 0 bridgehead atoms. The van der Waals surface area contributed by atoms with Gasteiger partial charge in [0.05, 0.1) is 11.2 Å². The zero-order valence-corrected chi connectivity index (χ0v) is 19.3. The topological polar surface area (TPSA) is 126 Å². The minimum Gasteiger partial charge on any atom is -0.475 e. The molecule has 4 rings (SSSR count). The number of carbonyl (C=O) groups excluding carboxylic acids is 1. The monoisotopic (exact) mass is 535 g/mol. The van der Waals surface area contributed by atoms with Crippen molar-refractivity contribution in [3.05, 3.63) is 41.9 Å². The number of carboxylic acids is 1. The molecule has 1 fully saturated rings. The molecule has 4 heterocycles. The lowest BCUT2D eigenvalue weighted by Crippen LogP contribution is -2.31. The molecule has 4 N–H and O–H groups in total. The largest absolute Gasteiger partial charge is 0.490 e. The maximum Gasteiger partial charge on any atom is 0.490 e. The number of amides is 1. The molecule has 0 saturated carbocycles. The Kier molecular flexibility index (Phi) is 8.30. The average molecular weight is 535 g/mol. The highest BCUT2D eigenvalue weighted by atomic mass is 19.4. The highest BCUT2D eigenvalue weighted by Gasteiger charge is 2.38. The van der Waals surface area contributed by atoms with Crippen LogP contribution in [0.4, 0.5) is 37.8 Å². The number of fused-ring (bicyclic) bond motifs is 1. The fourth-order valence-corrected chi connectivity index (χ4v) is 3.56. The maximum atomic E-state index is 13.2. The fourth-order valence-electron chi connectivity index (χ4n) is 3.56. The second-order valence-electron chi connectivity index (χ2n) is 8.13. The molecule has 1 aliphatic heterocycles. The third-order valence-corrected chi connectivity index (χ3v) is 5.22. The third kappa shape index (κ3) is 7.34. The van der Waals surface area contributed by atoms with E-state index in [1.165, 1.54) is 17.6 Å². The van der Waals surface area contributed by atoms with Gasteiger partial charge in [-0.3, -0.25) is 9.48 Å². The van der Waals surface area contributed by atoms with Crippen molar-refractivity contribution in [1.29, 1.82) is 0 Å². The highest BCUT2D eigenvalue weighted by Crippen LogP contribution is 2.33. The summed E-state index contributed by atoms with van der Waals surface area (Å²) in [6.07, 6.45) is -5.40. The molecule has 3 aromatic rings. The Morgan fingerprint density at radius 3 is 2.41 bits per heavy atom. The summed E-state index contributed by atoms with van der Waals surface area (Å²) in [6.45, 7) is 1.81. The molecular weight excluding hydrogens is 512 g/mol. The Morgan fingerprint density at radius 2 is 1.76 bits per heavy atom. The number of aliphatic carboxylic acids is 1. The van der Waals surface area contributed by atoms with Crippen molar-refractivity contribution < 1.29 is 41.0 Å². The van der Waals surface area contributed by atoms with E-state index in [9.17, 15) is 31.1 Å². The Labute approximate surface area is 205 Å². The number of nitrogens with one attached hydrogen (secondary N) is 3. The second-order valence-corrected chi connectivity index (χ2v) is 8.13. The standard InChI is InChI=1S/C19H22F3N7O.C2HF3O2/c1-28-11-14(17(27-28)19(20,21)22)25-18(30)15-7-5-13-6-8-16(26-29(13)15)24-12-4-2-3-9-23-10-12;3-2(4,5)1(6)7/h5-8,11-12,23H,2-4,9-10H2,1H3,(H,24,26)(H,25,30);(H,6,7)/t12-;/m1./s1. The van der Waals surface area contributed by atoms with E-state index >= 15 is 0 Å². The maximum absolute atomic E-state index is 13.2. The Hall–Kier alpha value is -3.82. The van der Waals surface area contributed by atoms with Crippen molar-refractivity contribution in [2.75, 3.05) is 23.7 Å². The Morgan fingerprint density at radius 1 is 1.08 bits per heavy atom. The van der Waals surface area contributed by atoms with E-state index in [4.69, 9.17) is 9.90 Å². The molecule has 0 aromatic carbocycles. The van der Waals surface area contributed by atoms with Gasteiger partial charge in [-0.1, -0.05) is 6.42 Å². The van der Waals surface area contributed by atoms with E-state index in [2.05, 4.69) is 26.1 Å². The van der Waals surface area contributed by atoms with Gasteiger partial charge in [-0.25, -0.2) is 9.31 Å². The summed E-state index contributed by atoms with van der Waals surface area (Å²) in [5.74, 6) is -2.86. The SMILES string of the molecule is Cn1cc(NC(=O)c2ccc3ccc(N[C@@H]4CCCCNC4)nn23)c(C(F)(F)F)n1.O=C(O)C(F)(F)F. The fraction of sp³-hybridized carbons (Fsp3) is 0.429. The predicted octanol–water partition coefficient (Wildman–Crippen LogP) is 3.53. The van der Waals surface area contributed by atoms with Crippen molar-refractivity contribution in [2.24, 2.45) is 7.05 Å². The van der Waals surface area contributed by atoms with E-state index in [0.717, 1.165) is 43.2 Å². The molecule has 16 heteroatoms. The summed E-state index contributed by atoms with van der Waals surface area (Å²) in [5, 5.41) is 24.0. The lowest BCUT2D eigenvalue weighted by Gasteiger charge is -2.17. The lowest BCUT2D eigenvalue weighted by molar-refractivity contribution is -0.192. The van der Waals surface area contributed by atoms with Gasteiger partial charge >= 0.3 is 18.3 Å². The normalized spacial score (nSPS) is 16.5. The molecule has 1 amide bonds. The number of aromatic nitrogens is 4. The van der Waals surface area contributed by atoms with Crippen molar-refractivity contribution in [3.8, 4) is 0 Å². The first-order valence-corrected chi connectivity index (χ1v) is 10.9. The summed E-state index contributed by atoms with van der Waals surface area (Å²) in [5.41, 5.74) is -0.754. The van der Waals surface area contributed by atoms with Crippen LogP contribution >= 0.6 is 0 Å². The first kappa shape index (κ1) is 27.8. The van der Waals surface area contributed by atoms with Gasteiger partial charge in [-0.05, 0) is 43.7 Å². The van der Waals surface area contributed by atoms with Crippen molar-refractivity contribution in [1.82, 2.24) is 24.7 Å². The molecular formula is C21H23F6N7O3. The minimum absolute atomic E-state index is 0.129. The molecule has 1 atom stereocenters. The first-order valence-electron chi connectivity index (χ1n) is 10.9. The third-order valence-electron chi connectivity index (χ3n) is 5.22. The number of halogens is 6. The van der Waals surface area contributed by atoms with Gasteiger partial charge in [-0.15, -0.1) is 5.10 Å². The number of hydrogen-bond acceptors (Lipinski definition) is 6. The molecule has 3 aromatic heterocycles. The van der Waals surface area contributed by atoms with Crippen LogP contribution in [-0.2, 0) is 18.0 Å². The molecule has 0 aliphatic carbocycles. The van der Waals surface area contributed by atoms with Crippen LogP contribution in [0.15, 0.2) is 30.5 Å². The Balaban J connectivity index is 0.000000479. The molecule has 0 unspecified atom stereocenters. The van der Waals surface area contributed by atoms with Gasteiger partial charge in [0.2, 0.25) is 0 Å². The number of rotatable bonds is 4. The van der Waals surface area contributed by atoms with Crippen LogP contribution < -0.4 is 16.0 Å². The molecule has 37 heavy (non-hydrogen) atoms. The molecule has 202 valence electrons. The van der Waals surface area contributed by atoms with Crippen LogP contribution in [0.25, 0.3) is 5.52 Å². The Bertz CT molecular complexity index is 1240. The number of alkyl halides is 6. The summed E-state index contributed by atoms with van der Waals surface area (Å²) in [7, 11) is 1.36. The number of aryl methyl sites for hydroxylation is 1. The lowest BCUT2D eigenvalue weighted by atomic mass is 10.1. The van der Waals surface area contributed by atoms with E-state index in [0.29, 0.717) is 11.3 Å². The van der Waals surface area contributed by atoms with Crippen LogP contribution in [-0.4, -0.2) is 61.7 Å². The summed E-state index contributed by atoms with van der Waals surface area (Å²) >= 11 is 0. The van der Waals surface area contributed by atoms with Gasteiger partial charge in [-0.2, -0.15) is 31.4 Å². The summed E-state index contributed by atoms with van der Waals surface area (Å²) in [6, 6.07) is 7.06. The molecule has 0 radical (unpaired) electrons. The van der Waals surface area contributed by atoms with Gasteiger partial charge in [0.1, 0.15) is 11.5 Å². The van der Waals surface area contributed by atoms with E-state index in [-0.39, 0.29) is 11.7 Å². The zero-order chi connectivity index (χ0) is 27.4. The zero-order valence-electron chi connectivity index (χ0n) is 19.3. The quantitative estimate of drug-likeness (QED) is 0.377. The predicted molar refractivity (Wildman–Crippen MR) is 119 cm³/mol. The van der Waals surface area contributed by atoms with Crippen LogP contribution in [0.5, 0.6) is 0 Å². The van der Waals surface area contributed by atoms with E-state index in [1.807, 2.05) is 12.1 Å². The van der Waals surface area contributed by atoms with Gasteiger partial charge in [0.15, 0.2) is 5.69 Å². The summed E-state index contributed by atoms with van der Waals surface area (Å²) < 4.78 is 73.6. The van der Waals surface area contributed by atoms with Crippen molar-refractivity contribution in [3.63, 3.8) is 0 Å². The van der Waals surface area contributed by atoms with Crippen LogP contribution in [0.1, 0.15) is 35.4 Å². The highest BCUT2D eigenvalue weighted by molar-refractivity contribution is 6.04. The molecule has 10 nitrogen and oxygen atoms in total. The average Bonchev–Trinajstić information content (AvgIpc) is 3.28. The van der Waals surface area contributed by atoms with Crippen molar-refractivity contribution in [2.45, 2.75) is 37.7 Å². The van der Waals surface area contributed by atoms with E-state index < -0.39 is 35.6 Å². The second kappa shape index (κ2) is 11.1. The van der Waals surface area contributed by atoms with Crippen LogP contribution in [0, 0.1) is 0 Å². The first-order chi connectivity index (χ1) is 17.3. The van der Waals surface area contributed by atoms with E-state index in [1.54, 1.807) is 6.07 Å². The smallest absolute Gasteiger partial charge is 0.475 e. The number of carbonyl (C=O) groups is 2. The molecule has 1 aliphatic rings. The number of carboxylic acid groups (broad SMARTS) is 1. The van der Waals surface area contributed by atoms with Crippen molar-refractivity contribution >= 4 is 28.9 Å². The van der Waals surface area contributed by atoms with Crippen LogP contribution in [0.2, 0.25) is 0 Å².